The topological polar surface area (TPSA) is 79.4 Å². The molecule has 4 rings (SSSR count). The Balaban J connectivity index is 1.56. The van der Waals surface area contributed by atoms with Crippen molar-refractivity contribution >= 4 is 59.9 Å². The lowest BCUT2D eigenvalue weighted by atomic mass is 10.2. The molecule has 1 N–H and O–H groups in total. The van der Waals surface area contributed by atoms with Gasteiger partial charge in [-0.2, -0.15) is 0 Å². The van der Waals surface area contributed by atoms with E-state index < -0.39 is 10.0 Å². The van der Waals surface area contributed by atoms with Crippen LogP contribution in [-0.4, -0.2) is 25.9 Å². The number of hydrogen-bond donors (Lipinski definition) is 1. The smallest absolute Gasteiger partial charge is 0.264 e. The summed E-state index contributed by atoms with van der Waals surface area (Å²) in [5.41, 5.74) is 2.63. The summed E-state index contributed by atoms with van der Waals surface area (Å²) in [6.45, 7) is 3.99. The van der Waals surface area contributed by atoms with Gasteiger partial charge < -0.3 is 0 Å². The number of thiazole rings is 1. The molecule has 32 heavy (non-hydrogen) atoms. The molecule has 1 aromatic heterocycles. The molecule has 0 bridgehead atoms. The van der Waals surface area contributed by atoms with Crippen LogP contribution in [0.25, 0.3) is 10.2 Å². The summed E-state index contributed by atoms with van der Waals surface area (Å²) >= 11 is 7.53. The molecule has 0 aliphatic rings. The first-order valence-electron chi connectivity index (χ1n) is 9.86. The highest BCUT2D eigenvalue weighted by molar-refractivity contribution is 7.92. The van der Waals surface area contributed by atoms with Crippen LogP contribution in [0.2, 0.25) is 5.02 Å². The van der Waals surface area contributed by atoms with Gasteiger partial charge in [0.2, 0.25) is 0 Å². The number of rotatable bonds is 6. The van der Waals surface area contributed by atoms with Crippen LogP contribution in [0.15, 0.2) is 71.6 Å². The number of para-hydroxylation sites is 1. The van der Waals surface area contributed by atoms with Gasteiger partial charge in [-0.3, -0.25) is 14.4 Å². The lowest BCUT2D eigenvalue weighted by Gasteiger charge is -2.22. The zero-order valence-electron chi connectivity index (χ0n) is 17.4. The number of sulfonamides is 1. The lowest BCUT2D eigenvalue weighted by Crippen LogP contribution is -2.30. The van der Waals surface area contributed by atoms with Crippen molar-refractivity contribution in [2.45, 2.75) is 18.7 Å². The molecular formula is C23H20ClN3O3S2. The molecule has 0 fully saturated rings. The number of nitrogens with one attached hydrogen (secondary N) is 1. The second-order valence-corrected chi connectivity index (χ2v) is 10.3. The highest BCUT2D eigenvalue weighted by Gasteiger charge is 2.24. The maximum absolute atomic E-state index is 13.1. The van der Waals surface area contributed by atoms with Gasteiger partial charge in [0.15, 0.2) is 5.13 Å². The third-order valence-corrected chi connectivity index (χ3v) is 8.30. The van der Waals surface area contributed by atoms with Crippen LogP contribution in [0.4, 0.5) is 10.8 Å². The molecule has 3 aromatic carbocycles. The normalized spacial score (nSPS) is 11.5. The van der Waals surface area contributed by atoms with E-state index in [9.17, 15) is 13.2 Å². The Morgan fingerprint density at radius 2 is 1.75 bits per heavy atom. The number of amides is 1. The minimum atomic E-state index is -3.76. The van der Waals surface area contributed by atoms with Crippen LogP contribution in [0.3, 0.4) is 0 Å². The fraction of sp³-hybridized carbons (Fsp3) is 0.130. The van der Waals surface area contributed by atoms with E-state index in [-0.39, 0.29) is 17.3 Å². The molecule has 0 spiro atoms. The third kappa shape index (κ3) is 4.21. The maximum atomic E-state index is 13.1. The number of halogens is 1. The Kier molecular flexibility index (Phi) is 6.19. The van der Waals surface area contributed by atoms with Crippen LogP contribution in [-0.2, 0) is 10.0 Å². The van der Waals surface area contributed by atoms with Gasteiger partial charge in [0.05, 0.1) is 25.8 Å². The molecule has 0 radical (unpaired) electrons. The summed E-state index contributed by atoms with van der Waals surface area (Å²) in [5, 5.41) is 3.78. The number of aromatic nitrogens is 1. The number of benzene rings is 3. The number of anilines is 2. The first kappa shape index (κ1) is 22.3. The second-order valence-electron chi connectivity index (χ2n) is 7.04. The molecule has 164 valence electrons. The van der Waals surface area contributed by atoms with E-state index in [2.05, 4.69) is 10.3 Å². The molecule has 0 aliphatic heterocycles. The summed E-state index contributed by atoms with van der Waals surface area (Å²) in [4.78, 5) is 17.3. The molecule has 0 saturated heterocycles. The zero-order chi connectivity index (χ0) is 22.9. The monoisotopic (exact) mass is 485 g/mol. The van der Waals surface area contributed by atoms with Crippen molar-refractivity contribution in [3.8, 4) is 0 Å². The summed E-state index contributed by atoms with van der Waals surface area (Å²) < 4.78 is 28.3. The van der Waals surface area contributed by atoms with E-state index in [1.165, 1.54) is 39.9 Å². The summed E-state index contributed by atoms with van der Waals surface area (Å²) in [6.07, 6.45) is 0. The Hall–Kier alpha value is -2.94. The van der Waals surface area contributed by atoms with E-state index in [0.29, 0.717) is 21.4 Å². The van der Waals surface area contributed by atoms with Crippen molar-refractivity contribution in [2.24, 2.45) is 0 Å². The first-order valence-corrected chi connectivity index (χ1v) is 12.5. The van der Waals surface area contributed by atoms with Gasteiger partial charge >= 0.3 is 0 Å². The van der Waals surface area contributed by atoms with E-state index in [0.717, 1.165) is 15.8 Å². The number of nitrogens with zero attached hydrogens (tertiary/aromatic N) is 2. The molecule has 0 saturated carbocycles. The average Bonchev–Trinajstić information content (AvgIpc) is 3.22. The van der Waals surface area contributed by atoms with E-state index in [1.54, 1.807) is 37.3 Å². The van der Waals surface area contributed by atoms with Crippen LogP contribution in [0.5, 0.6) is 0 Å². The number of carbonyl (C=O) groups excluding carboxylic acids is 1. The van der Waals surface area contributed by atoms with E-state index in [1.807, 2.05) is 19.1 Å². The lowest BCUT2D eigenvalue weighted by molar-refractivity contribution is 0.102. The average molecular weight is 486 g/mol. The number of aryl methyl sites for hydroxylation is 1. The third-order valence-electron chi connectivity index (χ3n) is 4.95. The quantitative estimate of drug-likeness (QED) is 0.378. The van der Waals surface area contributed by atoms with E-state index in [4.69, 9.17) is 11.6 Å². The molecule has 6 nitrogen and oxygen atoms in total. The van der Waals surface area contributed by atoms with Crippen molar-refractivity contribution in [1.29, 1.82) is 0 Å². The second kappa shape index (κ2) is 8.90. The fourth-order valence-electron chi connectivity index (χ4n) is 3.32. The van der Waals surface area contributed by atoms with Gasteiger partial charge in [0, 0.05) is 12.1 Å². The summed E-state index contributed by atoms with van der Waals surface area (Å²) in [5.74, 6) is -0.378. The molecular weight excluding hydrogens is 466 g/mol. The molecule has 9 heteroatoms. The highest BCUT2D eigenvalue weighted by atomic mass is 35.5. The molecule has 0 unspecified atom stereocenters. The largest absolute Gasteiger partial charge is 0.298 e. The number of hydrogen-bond acceptors (Lipinski definition) is 5. The first-order chi connectivity index (χ1) is 15.3. The number of fused-ring (bicyclic) bond motifs is 1. The highest BCUT2D eigenvalue weighted by Crippen LogP contribution is 2.34. The summed E-state index contributed by atoms with van der Waals surface area (Å²) in [7, 11) is -3.76. The van der Waals surface area contributed by atoms with Gasteiger partial charge in [-0.15, -0.1) is 0 Å². The standard InChI is InChI=1S/C23H20ClN3O3S2/c1-3-27(17-7-5-4-6-8-17)32(29,30)18-12-10-16(11-13-18)22(28)26-23-25-20-15(2)9-14-19(24)21(20)31-23/h4-14H,3H2,1-2H3,(H,25,26,28). The SMILES string of the molecule is CCN(c1ccccc1)S(=O)(=O)c1ccc(C(=O)Nc2nc3c(C)ccc(Cl)c3s2)cc1. The number of carbonyl (C=O) groups is 1. The zero-order valence-corrected chi connectivity index (χ0v) is 19.8. The van der Waals surface area contributed by atoms with Gasteiger partial charge in [-0.25, -0.2) is 13.4 Å². The van der Waals surface area contributed by atoms with Gasteiger partial charge in [-0.1, -0.05) is 47.2 Å². The maximum Gasteiger partial charge on any atom is 0.264 e. The minimum Gasteiger partial charge on any atom is -0.298 e. The van der Waals surface area contributed by atoms with Gasteiger partial charge in [-0.05, 0) is 61.9 Å². The van der Waals surface area contributed by atoms with Crippen LogP contribution in [0, 0.1) is 6.92 Å². The van der Waals surface area contributed by atoms with Crippen molar-refractivity contribution in [2.75, 3.05) is 16.2 Å². The van der Waals surface area contributed by atoms with Crippen molar-refractivity contribution in [3.63, 3.8) is 0 Å². The predicted molar refractivity (Wildman–Crippen MR) is 130 cm³/mol. The Morgan fingerprint density at radius 3 is 2.38 bits per heavy atom. The van der Waals surface area contributed by atoms with Crippen LogP contribution >= 0.6 is 22.9 Å². The molecule has 0 atom stereocenters. The van der Waals surface area contributed by atoms with Crippen LogP contribution in [0.1, 0.15) is 22.8 Å². The van der Waals surface area contributed by atoms with Crippen molar-refractivity contribution in [3.05, 3.63) is 82.9 Å². The Morgan fingerprint density at radius 1 is 1.06 bits per heavy atom. The fourth-order valence-corrected chi connectivity index (χ4v) is 6.00. The van der Waals surface area contributed by atoms with Crippen LogP contribution < -0.4 is 9.62 Å². The minimum absolute atomic E-state index is 0.113. The molecule has 1 amide bonds. The Labute approximate surface area is 195 Å². The predicted octanol–water partition coefficient (Wildman–Crippen LogP) is 5.73. The van der Waals surface area contributed by atoms with Gasteiger partial charge in [0.1, 0.15) is 0 Å². The van der Waals surface area contributed by atoms with Crippen molar-refractivity contribution in [1.82, 2.24) is 4.98 Å². The Bertz CT molecular complexity index is 1350. The summed E-state index contributed by atoms with van der Waals surface area (Å²) in [6, 6.07) is 18.4. The van der Waals surface area contributed by atoms with E-state index >= 15 is 0 Å². The van der Waals surface area contributed by atoms with Crippen molar-refractivity contribution < 1.29 is 13.2 Å². The molecule has 4 aromatic rings. The molecule has 1 heterocycles. The molecule has 0 aliphatic carbocycles. The van der Waals surface area contributed by atoms with Gasteiger partial charge in [0.25, 0.3) is 15.9 Å².